The number of amides is 1. The molecule has 1 amide bonds. The molecular weight excluding hydrogens is 158 g/mol. The zero-order chi connectivity index (χ0) is 9.14. The number of carbonyl (C=O) groups excluding carboxylic acids is 1. The third-order valence-corrected chi connectivity index (χ3v) is 1.79. The van der Waals surface area contributed by atoms with E-state index in [1.54, 1.807) is 7.05 Å². The molecule has 1 heterocycles. The van der Waals surface area contributed by atoms with E-state index in [1.165, 1.54) is 4.90 Å². The van der Waals surface area contributed by atoms with E-state index in [4.69, 9.17) is 15.9 Å². The molecule has 0 aromatic heterocycles. The van der Waals surface area contributed by atoms with Gasteiger partial charge in [-0.1, -0.05) is 0 Å². The molecule has 3 N–H and O–H groups in total. The lowest BCUT2D eigenvalue weighted by atomic mass is 10.2. The number of ether oxygens (including phenoxy) is 1. The highest BCUT2D eigenvalue weighted by atomic mass is 16.6. The molecule has 0 aromatic carbocycles. The van der Waals surface area contributed by atoms with Crippen LogP contribution in [0.3, 0.4) is 0 Å². The number of hydrogen-bond donors (Lipinski definition) is 2. The SMILES string of the molecule is CN1C[C@@H](CCC(=N)N)OC1=O. The van der Waals surface area contributed by atoms with Crippen LogP contribution in [0.1, 0.15) is 12.8 Å². The fraction of sp³-hybridized carbons (Fsp3) is 0.714. The van der Waals surface area contributed by atoms with Crippen molar-refractivity contribution in [1.29, 1.82) is 5.41 Å². The lowest BCUT2D eigenvalue weighted by molar-refractivity contribution is 0.131. The normalized spacial score (nSPS) is 22.6. The van der Waals surface area contributed by atoms with Crippen molar-refractivity contribution in [1.82, 2.24) is 4.90 Å². The molecule has 0 unspecified atom stereocenters. The van der Waals surface area contributed by atoms with Gasteiger partial charge in [0.2, 0.25) is 0 Å². The summed E-state index contributed by atoms with van der Waals surface area (Å²) in [6, 6.07) is 0. The first kappa shape index (κ1) is 8.83. The monoisotopic (exact) mass is 171 g/mol. The summed E-state index contributed by atoms with van der Waals surface area (Å²) in [5.74, 6) is 0.139. The van der Waals surface area contributed by atoms with Crippen LogP contribution >= 0.6 is 0 Å². The lowest BCUT2D eigenvalue weighted by Crippen LogP contribution is -2.20. The van der Waals surface area contributed by atoms with Crippen molar-refractivity contribution >= 4 is 11.9 Å². The molecule has 0 aromatic rings. The van der Waals surface area contributed by atoms with Gasteiger partial charge < -0.3 is 15.4 Å². The summed E-state index contributed by atoms with van der Waals surface area (Å²) in [6.45, 7) is 0.603. The van der Waals surface area contributed by atoms with Crippen LogP contribution in [0.25, 0.3) is 0 Å². The van der Waals surface area contributed by atoms with Crippen molar-refractivity contribution in [3.05, 3.63) is 0 Å². The van der Waals surface area contributed by atoms with Gasteiger partial charge in [-0.2, -0.15) is 0 Å². The molecule has 1 aliphatic rings. The molecule has 1 atom stereocenters. The second kappa shape index (κ2) is 3.42. The Hall–Kier alpha value is -1.26. The van der Waals surface area contributed by atoms with Crippen molar-refractivity contribution in [2.75, 3.05) is 13.6 Å². The highest BCUT2D eigenvalue weighted by Crippen LogP contribution is 2.12. The first-order chi connectivity index (χ1) is 5.59. The molecule has 0 radical (unpaired) electrons. The minimum atomic E-state index is -0.288. The van der Waals surface area contributed by atoms with Crippen LogP contribution in [0, 0.1) is 5.41 Å². The van der Waals surface area contributed by atoms with E-state index < -0.39 is 0 Å². The summed E-state index contributed by atoms with van der Waals surface area (Å²) in [7, 11) is 1.69. The van der Waals surface area contributed by atoms with E-state index in [2.05, 4.69) is 0 Å². The highest BCUT2D eigenvalue weighted by molar-refractivity contribution is 5.77. The molecule has 1 aliphatic heterocycles. The van der Waals surface area contributed by atoms with E-state index >= 15 is 0 Å². The van der Waals surface area contributed by atoms with Crippen molar-refractivity contribution < 1.29 is 9.53 Å². The topological polar surface area (TPSA) is 79.4 Å². The molecule has 1 fully saturated rings. The number of hydrogen-bond acceptors (Lipinski definition) is 3. The largest absolute Gasteiger partial charge is 0.444 e. The van der Waals surface area contributed by atoms with E-state index in [1.807, 2.05) is 0 Å². The van der Waals surface area contributed by atoms with Crippen LogP contribution in [0.2, 0.25) is 0 Å². The molecule has 1 saturated heterocycles. The molecule has 0 bridgehead atoms. The van der Waals surface area contributed by atoms with Crippen LogP contribution in [0.5, 0.6) is 0 Å². The van der Waals surface area contributed by atoms with Crippen LogP contribution < -0.4 is 5.73 Å². The third kappa shape index (κ3) is 2.11. The number of carbonyl (C=O) groups is 1. The molecule has 68 valence electrons. The fourth-order valence-electron chi connectivity index (χ4n) is 1.12. The van der Waals surface area contributed by atoms with Gasteiger partial charge in [-0.15, -0.1) is 0 Å². The third-order valence-electron chi connectivity index (χ3n) is 1.79. The maximum absolute atomic E-state index is 10.8. The predicted molar refractivity (Wildman–Crippen MR) is 44.0 cm³/mol. The smallest absolute Gasteiger partial charge is 0.409 e. The fourth-order valence-corrected chi connectivity index (χ4v) is 1.12. The molecule has 5 nitrogen and oxygen atoms in total. The molecule has 0 saturated carbocycles. The zero-order valence-electron chi connectivity index (χ0n) is 7.04. The van der Waals surface area contributed by atoms with E-state index in [-0.39, 0.29) is 18.0 Å². The standard InChI is InChI=1S/C7H13N3O2/c1-10-4-5(12-7(10)11)2-3-6(8)9/h5H,2-4H2,1H3,(H3,8,9)/t5-/m1/s1. The van der Waals surface area contributed by atoms with Gasteiger partial charge in [0.1, 0.15) is 6.10 Å². The van der Waals surface area contributed by atoms with Crippen LogP contribution in [-0.4, -0.2) is 36.5 Å². The number of amidine groups is 1. The van der Waals surface area contributed by atoms with Gasteiger partial charge >= 0.3 is 6.09 Å². The minimum absolute atomic E-state index is 0.0913. The Bertz CT molecular complexity index is 205. The quantitative estimate of drug-likeness (QED) is 0.468. The molecule has 0 spiro atoms. The van der Waals surface area contributed by atoms with Gasteiger partial charge in [-0.25, -0.2) is 4.79 Å². The highest BCUT2D eigenvalue weighted by Gasteiger charge is 2.27. The van der Waals surface area contributed by atoms with Crippen molar-refractivity contribution in [2.24, 2.45) is 5.73 Å². The molecule has 5 heteroatoms. The maximum Gasteiger partial charge on any atom is 0.409 e. The average Bonchev–Trinajstić information content (AvgIpc) is 2.28. The van der Waals surface area contributed by atoms with Crippen LogP contribution in [-0.2, 0) is 4.74 Å². The van der Waals surface area contributed by atoms with Crippen LogP contribution in [0.15, 0.2) is 0 Å². The minimum Gasteiger partial charge on any atom is -0.444 e. The Morgan fingerprint density at radius 1 is 1.92 bits per heavy atom. The Morgan fingerprint density at radius 2 is 2.58 bits per heavy atom. The number of nitrogens with zero attached hydrogens (tertiary/aromatic N) is 1. The number of nitrogens with two attached hydrogens (primary N) is 1. The summed E-state index contributed by atoms with van der Waals surface area (Å²) in [4.78, 5) is 12.4. The summed E-state index contributed by atoms with van der Waals surface area (Å²) < 4.78 is 4.96. The molecule has 12 heavy (non-hydrogen) atoms. The average molecular weight is 171 g/mol. The van der Waals surface area contributed by atoms with E-state index in [0.717, 1.165) is 0 Å². The number of likely N-dealkylation sites (N-methyl/N-ethyl adjacent to an activating group) is 1. The Labute approximate surface area is 71.0 Å². The van der Waals surface area contributed by atoms with E-state index in [0.29, 0.717) is 19.4 Å². The van der Waals surface area contributed by atoms with Gasteiger partial charge in [0.15, 0.2) is 0 Å². The van der Waals surface area contributed by atoms with Gasteiger partial charge in [-0.3, -0.25) is 5.41 Å². The van der Waals surface area contributed by atoms with E-state index in [9.17, 15) is 4.79 Å². The summed E-state index contributed by atoms with van der Waals surface area (Å²) in [6.07, 6.45) is 0.756. The second-order valence-corrected chi connectivity index (χ2v) is 2.95. The first-order valence-corrected chi connectivity index (χ1v) is 3.84. The Morgan fingerprint density at radius 3 is 3.00 bits per heavy atom. The lowest BCUT2D eigenvalue weighted by Gasteiger charge is -2.05. The van der Waals surface area contributed by atoms with Gasteiger partial charge in [0, 0.05) is 13.5 Å². The molecule has 0 aliphatic carbocycles. The Balaban J connectivity index is 2.28. The first-order valence-electron chi connectivity index (χ1n) is 3.84. The summed E-state index contributed by atoms with van der Waals surface area (Å²) in [5.41, 5.74) is 5.17. The van der Waals surface area contributed by atoms with Crippen molar-refractivity contribution in [3.63, 3.8) is 0 Å². The zero-order valence-corrected chi connectivity index (χ0v) is 7.04. The number of nitrogens with one attached hydrogen (secondary N) is 1. The predicted octanol–water partition coefficient (Wildman–Crippen LogP) is 0.153. The van der Waals surface area contributed by atoms with Gasteiger partial charge in [0.05, 0.1) is 12.4 Å². The van der Waals surface area contributed by atoms with Crippen molar-refractivity contribution in [3.8, 4) is 0 Å². The van der Waals surface area contributed by atoms with Crippen LogP contribution in [0.4, 0.5) is 4.79 Å². The maximum atomic E-state index is 10.8. The summed E-state index contributed by atoms with van der Waals surface area (Å²) >= 11 is 0. The van der Waals surface area contributed by atoms with Gasteiger partial charge in [0.25, 0.3) is 0 Å². The molecule has 1 rings (SSSR count). The summed E-state index contributed by atoms with van der Waals surface area (Å²) in [5, 5.41) is 6.98. The second-order valence-electron chi connectivity index (χ2n) is 2.95. The van der Waals surface area contributed by atoms with Crippen molar-refractivity contribution in [2.45, 2.75) is 18.9 Å². The number of rotatable bonds is 3. The Kier molecular flexibility index (Phi) is 2.52. The number of cyclic esters (lactones) is 1. The molecular formula is C7H13N3O2. The van der Waals surface area contributed by atoms with Gasteiger partial charge in [-0.05, 0) is 6.42 Å².